The van der Waals surface area contributed by atoms with Crippen molar-refractivity contribution in [3.8, 4) is 0 Å². The minimum absolute atomic E-state index is 0.168. The Hall–Kier alpha value is -0.950. The van der Waals surface area contributed by atoms with E-state index >= 15 is 0 Å². The summed E-state index contributed by atoms with van der Waals surface area (Å²) in [7, 11) is 1.70. The molecule has 0 amide bonds. The first-order valence-electron chi connectivity index (χ1n) is 8.28. The quantitative estimate of drug-likeness (QED) is 0.846. The zero-order chi connectivity index (χ0) is 15.4. The van der Waals surface area contributed by atoms with Gasteiger partial charge in [0.25, 0.3) is 0 Å². The van der Waals surface area contributed by atoms with Gasteiger partial charge in [-0.1, -0.05) is 6.42 Å². The molecule has 6 nitrogen and oxygen atoms in total. The van der Waals surface area contributed by atoms with E-state index in [1.54, 1.807) is 7.11 Å². The summed E-state index contributed by atoms with van der Waals surface area (Å²) in [6.45, 7) is 4.78. The zero-order valence-corrected chi connectivity index (χ0v) is 13.4. The molecule has 1 aliphatic carbocycles. The molecule has 3 rings (SSSR count). The van der Waals surface area contributed by atoms with Gasteiger partial charge >= 0.3 is 0 Å². The van der Waals surface area contributed by atoms with E-state index in [9.17, 15) is 5.11 Å². The minimum Gasteiger partial charge on any atom is -0.393 e. The van der Waals surface area contributed by atoms with Crippen molar-refractivity contribution in [1.29, 1.82) is 0 Å². The second-order valence-corrected chi connectivity index (χ2v) is 6.38. The fourth-order valence-electron chi connectivity index (χ4n) is 3.70. The van der Waals surface area contributed by atoms with Crippen molar-refractivity contribution in [2.24, 2.45) is 5.92 Å². The molecule has 1 aliphatic heterocycles. The summed E-state index contributed by atoms with van der Waals surface area (Å²) in [6, 6.07) is 0.327. The number of hydrogen-bond acceptors (Lipinski definition) is 5. The second-order valence-electron chi connectivity index (χ2n) is 6.38. The van der Waals surface area contributed by atoms with Crippen LogP contribution in [0.25, 0.3) is 0 Å². The Balaban J connectivity index is 1.62. The van der Waals surface area contributed by atoms with Gasteiger partial charge in [0, 0.05) is 43.9 Å². The third-order valence-electron chi connectivity index (χ3n) is 4.90. The van der Waals surface area contributed by atoms with E-state index in [4.69, 9.17) is 9.47 Å². The first-order valence-corrected chi connectivity index (χ1v) is 8.28. The monoisotopic (exact) mass is 309 g/mol. The number of aliphatic hydroxyl groups is 1. The van der Waals surface area contributed by atoms with Crippen LogP contribution in [-0.4, -0.2) is 65.4 Å². The van der Waals surface area contributed by atoms with Crippen LogP contribution in [-0.2, 0) is 22.6 Å². The molecule has 2 aliphatic rings. The van der Waals surface area contributed by atoms with Crippen LogP contribution in [0.4, 0.5) is 0 Å². The third kappa shape index (κ3) is 3.68. The summed E-state index contributed by atoms with van der Waals surface area (Å²) in [5.41, 5.74) is 1.22. The van der Waals surface area contributed by atoms with Crippen LogP contribution >= 0.6 is 0 Å². The summed E-state index contributed by atoms with van der Waals surface area (Å²) in [4.78, 5) is 2.46. The molecule has 1 saturated carbocycles. The lowest BCUT2D eigenvalue weighted by molar-refractivity contribution is -0.0536. The highest BCUT2D eigenvalue weighted by Gasteiger charge is 2.37. The molecule has 0 unspecified atom stereocenters. The number of morpholine rings is 1. The van der Waals surface area contributed by atoms with Gasteiger partial charge in [0.05, 0.1) is 38.7 Å². The van der Waals surface area contributed by atoms with Gasteiger partial charge in [-0.15, -0.1) is 0 Å². The Morgan fingerprint density at radius 1 is 1.45 bits per heavy atom. The number of hydrogen-bond donors (Lipinski definition) is 1. The summed E-state index contributed by atoms with van der Waals surface area (Å²) >= 11 is 0. The molecule has 3 atom stereocenters. The van der Waals surface area contributed by atoms with Gasteiger partial charge in [0.2, 0.25) is 0 Å². The van der Waals surface area contributed by atoms with Crippen molar-refractivity contribution in [3.05, 3.63) is 18.0 Å². The van der Waals surface area contributed by atoms with Crippen LogP contribution in [0.5, 0.6) is 0 Å². The molecule has 1 aromatic rings. The molecule has 1 aromatic heterocycles. The van der Waals surface area contributed by atoms with Gasteiger partial charge in [-0.25, -0.2) is 0 Å². The Kier molecular flexibility index (Phi) is 5.46. The van der Waals surface area contributed by atoms with Crippen molar-refractivity contribution >= 4 is 0 Å². The van der Waals surface area contributed by atoms with E-state index in [-0.39, 0.29) is 6.10 Å². The maximum absolute atomic E-state index is 10.2. The van der Waals surface area contributed by atoms with Crippen LogP contribution in [0, 0.1) is 5.92 Å². The number of methoxy groups -OCH3 is 1. The predicted octanol–water partition coefficient (Wildman–Crippen LogP) is 0.891. The summed E-state index contributed by atoms with van der Waals surface area (Å²) < 4.78 is 12.7. The van der Waals surface area contributed by atoms with Crippen LogP contribution in [0.15, 0.2) is 12.4 Å². The SMILES string of the molecule is COCCn1cc(CN2CCOC[C@@H]2[C@H]2CCC[C@@H]2O)cn1. The zero-order valence-electron chi connectivity index (χ0n) is 13.4. The van der Waals surface area contributed by atoms with Crippen molar-refractivity contribution in [2.75, 3.05) is 33.5 Å². The molecule has 1 N–H and O–H groups in total. The lowest BCUT2D eigenvalue weighted by Crippen LogP contribution is -2.50. The van der Waals surface area contributed by atoms with Crippen molar-refractivity contribution in [1.82, 2.24) is 14.7 Å². The number of rotatable bonds is 6. The minimum atomic E-state index is -0.168. The first-order chi connectivity index (χ1) is 10.8. The summed E-state index contributed by atoms with van der Waals surface area (Å²) in [5.74, 6) is 0.351. The average molecular weight is 309 g/mol. The molecule has 2 heterocycles. The number of ether oxygens (including phenoxy) is 2. The summed E-state index contributed by atoms with van der Waals surface area (Å²) in [5, 5.41) is 14.6. The Morgan fingerprint density at radius 2 is 2.36 bits per heavy atom. The maximum atomic E-state index is 10.2. The average Bonchev–Trinajstić information content (AvgIpc) is 3.15. The molecule has 0 bridgehead atoms. The number of aliphatic hydroxyl groups excluding tert-OH is 1. The fourth-order valence-corrected chi connectivity index (χ4v) is 3.70. The highest BCUT2D eigenvalue weighted by atomic mass is 16.5. The topological polar surface area (TPSA) is 59.8 Å². The lowest BCUT2D eigenvalue weighted by atomic mass is 9.94. The van der Waals surface area contributed by atoms with Gasteiger partial charge in [-0.2, -0.15) is 5.10 Å². The van der Waals surface area contributed by atoms with Crippen LogP contribution in [0.1, 0.15) is 24.8 Å². The van der Waals surface area contributed by atoms with Crippen molar-refractivity contribution in [3.63, 3.8) is 0 Å². The van der Waals surface area contributed by atoms with Gasteiger partial charge in [0.15, 0.2) is 0 Å². The Bertz CT molecular complexity index is 465. The molecule has 2 fully saturated rings. The van der Waals surface area contributed by atoms with Crippen molar-refractivity contribution < 1.29 is 14.6 Å². The van der Waals surface area contributed by atoms with Crippen LogP contribution < -0.4 is 0 Å². The highest BCUT2D eigenvalue weighted by molar-refractivity contribution is 5.05. The Labute approximate surface area is 132 Å². The third-order valence-corrected chi connectivity index (χ3v) is 4.90. The van der Waals surface area contributed by atoms with E-state index in [1.165, 1.54) is 5.56 Å². The molecule has 0 spiro atoms. The smallest absolute Gasteiger partial charge is 0.0658 e. The fraction of sp³-hybridized carbons (Fsp3) is 0.812. The molecular weight excluding hydrogens is 282 g/mol. The molecule has 0 aromatic carbocycles. The standard InChI is InChI=1S/C16H27N3O3/c1-21-7-6-19-11-13(9-17-19)10-18-5-8-22-12-15(18)14-3-2-4-16(14)20/h9,11,14-16,20H,2-8,10,12H2,1H3/t14-,15-,16+/m1/s1. The van der Waals surface area contributed by atoms with Crippen LogP contribution in [0.3, 0.4) is 0 Å². The number of aromatic nitrogens is 2. The molecular formula is C16H27N3O3. The largest absolute Gasteiger partial charge is 0.393 e. The van der Waals surface area contributed by atoms with Gasteiger partial charge in [-0.05, 0) is 12.8 Å². The van der Waals surface area contributed by atoms with Gasteiger partial charge in [0.1, 0.15) is 0 Å². The predicted molar refractivity (Wildman–Crippen MR) is 82.5 cm³/mol. The van der Waals surface area contributed by atoms with E-state index in [1.807, 2.05) is 10.9 Å². The van der Waals surface area contributed by atoms with E-state index in [0.29, 0.717) is 18.6 Å². The maximum Gasteiger partial charge on any atom is 0.0658 e. The summed E-state index contributed by atoms with van der Waals surface area (Å²) in [6.07, 6.45) is 7.04. The van der Waals surface area contributed by atoms with E-state index in [2.05, 4.69) is 16.2 Å². The van der Waals surface area contributed by atoms with Crippen LogP contribution in [0.2, 0.25) is 0 Å². The normalized spacial score (nSPS) is 30.0. The molecule has 6 heteroatoms. The van der Waals surface area contributed by atoms with E-state index < -0.39 is 0 Å². The Morgan fingerprint density at radius 3 is 3.14 bits per heavy atom. The second kappa shape index (κ2) is 7.55. The van der Waals surface area contributed by atoms with Gasteiger partial charge in [-0.3, -0.25) is 9.58 Å². The molecule has 124 valence electrons. The molecule has 0 radical (unpaired) electrons. The van der Waals surface area contributed by atoms with Gasteiger partial charge < -0.3 is 14.6 Å². The van der Waals surface area contributed by atoms with E-state index in [0.717, 1.165) is 52.1 Å². The first kappa shape index (κ1) is 15.9. The highest BCUT2D eigenvalue weighted by Crippen LogP contribution is 2.32. The van der Waals surface area contributed by atoms with Crippen molar-refractivity contribution in [2.45, 2.75) is 44.5 Å². The number of nitrogens with zero attached hydrogens (tertiary/aromatic N) is 3. The molecule has 1 saturated heterocycles. The lowest BCUT2D eigenvalue weighted by Gasteiger charge is -2.39. The molecule has 22 heavy (non-hydrogen) atoms.